The molecule has 0 saturated heterocycles. The second-order valence-electron chi connectivity index (χ2n) is 7.10. The van der Waals surface area contributed by atoms with E-state index in [4.69, 9.17) is 0 Å². The van der Waals surface area contributed by atoms with E-state index in [9.17, 15) is 9.18 Å². The second kappa shape index (κ2) is 6.80. The summed E-state index contributed by atoms with van der Waals surface area (Å²) in [5.74, 6) is -0.237. The van der Waals surface area contributed by atoms with Gasteiger partial charge in [-0.1, -0.05) is 30.3 Å². The molecule has 2 atom stereocenters. The van der Waals surface area contributed by atoms with Crippen LogP contribution in [0.2, 0.25) is 0 Å². The van der Waals surface area contributed by atoms with Crippen molar-refractivity contribution in [3.05, 3.63) is 78.1 Å². The molecule has 2 aromatic heterocycles. The number of anilines is 2. The van der Waals surface area contributed by atoms with E-state index in [2.05, 4.69) is 35.9 Å². The maximum atomic E-state index is 15.0. The van der Waals surface area contributed by atoms with Gasteiger partial charge in [-0.25, -0.2) is 19.3 Å². The fourth-order valence-electron chi connectivity index (χ4n) is 3.83. The number of nitrogens with one attached hydrogen (secondary N) is 4. The maximum absolute atomic E-state index is 15.0. The number of hydrogen-bond acceptors (Lipinski definition) is 6. The van der Waals surface area contributed by atoms with Crippen molar-refractivity contribution >= 4 is 28.6 Å². The number of fused-ring (bicyclic) bond motifs is 2. The minimum Gasteiger partial charge on any atom is -0.361 e. The zero-order valence-corrected chi connectivity index (χ0v) is 16.0. The van der Waals surface area contributed by atoms with Gasteiger partial charge in [0.1, 0.15) is 17.7 Å². The van der Waals surface area contributed by atoms with E-state index in [1.807, 2.05) is 13.0 Å². The fraction of sp³-hybridized carbons (Fsp3) is 0.143. The van der Waals surface area contributed by atoms with Gasteiger partial charge in [0, 0.05) is 11.3 Å². The van der Waals surface area contributed by atoms with Crippen LogP contribution in [-0.4, -0.2) is 31.9 Å². The molecule has 0 spiro atoms. The summed E-state index contributed by atoms with van der Waals surface area (Å²) < 4.78 is 15.0. The van der Waals surface area contributed by atoms with Gasteiger partial charge in [-0.2, -0.15) is 0 Å². The number of aromatic nitrogens is 4. The number of amides is 1. The summed E-state index contributed by atoms with van der Waals surface area (Å²) in [7, 11) is 0. The van der Waals surface area contributed by atoms with Crippen molar-refractivity contribution in [2.24, 2.45) is 0 Å². The van der Waals surface area contributed by atoms with Crippen LogP contribution in [0.1, 0.15) is 22.8 Å². The molecule has 0 fully saturated rings. The van der Waals surface area contributed by atoms with E-state index in [0.717, 1.165) is 0 Å². The molecular weight excluding hydrogens is 385 g/mol. The molecule has 9 heteroatoms. The number of hydrogen-bond donors (Lipinski definition) is 4. The number of nitrogens with zero attached hydrogens (tertiary/aromatic N) is 3. The molecule has 1 aliphatic rings. The Labute approximate surface area is 171 Å². The Bertz CT molecular complexity index is 1260. The van der Waals surface area contributed by atoms with Gasteiger partial charge in [-0.3, -0.25) is 4.79 Å². The zero-order valence-electron chi connectivity index (χ0n) is 16.0. The van der Waals surface area contributed by atoms with Gasteiger partial charge in [0.25, 0.3) is 5.91 Å². The first-order chi connectivity index (χ1) is 14.6. The number of para-hydroxylation sites is 1. The molecule has 3 heterocycles. The number of aromatic amines is 1. The van der Waals surface area contributed by atoms with Crippen LogP contribution in [0.4, 0.5) is 15.9 Å². The zero-order chi connectivity index (χ0) is 20.7. The van der Waals surface area contributed by atoms with Gasteiger partial charge in [0.15, 0.2) is 17.1 Å². The standard InChI is InChI=1S/C21H18FN7O/c1-12(27-19-17-18(24-10-23-17)25-11-26-19)21(14-7-3-4-8-15(14)22)28-16-9-5-2-6-13(16)20(30)29-21/h2-12,28H,1H3,(H,29,30)(H2,23,24,25,26,27)/t12?,21-/m1/s1. The van der Waals surface area contributed by atoms with Crippen LogP contribution in [0.5, 0.6) is 0 Å². The van der Waals surface area contributed by atoms with Crippen LogP contribution in [0.25, 0.3) is 11.2 Å². The van der Waals surface area contributed by atoms with Crippen molar-refractivity contribution in [2.75, 3.05) is 10.6 Å². The van der Waals surface area contributed by atoms with Crippen LogP contribution in [0.15, 0.2) is 61.2 Å². The third kappa shape index (κ3) is 2.74. The predicted octanol–water partition coefficient (Wildman–Crippen LogP) is 3.00. The lowest BCUT2D eigenvalue weighted by molar-refractivity contribution is 0.0888. The highest BCUT2D eigenvalue weighted by Gasteiger charge is 2.45. The number of H-pyrrole nitrogens is 1. The molecule has 0 aliphatic carbocycles. The molecule has 1 amide bonds. The van der Waals surface area contributed by atoms with Crippen molar-refractivity contribution < 1.29 is 9.18 Å². The number of imidazole rings is 1. The normalized spacial score (nSPS) is 18.9. The Kier molecular flexibility index (Phi) is 4.09. The average molecular weight is 403 g/mol. The van der Waals surface area contributed by atoms with Crippen LogP contribution in [0.3, 0.4) is 0 Å². The molecule has 8 nitrogen and oxygen atoms in total. The molecule has 4 N–H and O–H groups in total. The molecule has 150 valence electrons. The lowest BCUT2D eigenvalue weighted by Gasteiger charge is -2.45. The summed E-state index contributed by atoms with van der Waals surface area (Å²) in [6, 6.07) is 13.0. The average Bonchev–Trinajstić information content (AvgIpc) is 3.24. The van der Waals surface area contributed by atoms with Crippen LogP contribution in [-0.2, 0) is 5.66 Å². The van der Waals surface area contributed by atoms with Crippen molar-refractivity contribution in [3.63, 3.8) is 0 Å². The van der Waals surface area contributed by atoms with Gasteiger partial charge in [0.2, 0.25) is 0 Å². The van der Waals surface area contributed by atoms with Gasteiger partial charge >= 0.3 is 0 Å². The number of halogens is 1. The van der Waals surface area contributed by atoms with Crippen LogP contribution >= 0.6 is 0 Å². The topological polar surface area (TPSA) is 108 Å². The Morgan fingerprint density at radius 3 is 2.70 bits per heavy atom. The summed E-state index contributed by atoms with van der Waals surface area (Å²) in [6.45, 7) is 1.85. The third-order valence-electron chi connectivity index (χ3n) is 5.34. The molecule has 4 aromatic rings. The minimum atomic E-state index is -1.27. The molecule has 5 rings (SSSR count). The summed E-state index contributed by atoms with van der Waals surface area (Å²) in [6.07, 6.45) is 2.93. The van der Waals surface area contributed by atoms with E-state index in [1.54, 1.807) is 36.4 Å². The number of rotatable bonds is 4. The van der Waals surface area contributed by atoms with Crippen molar-refractivity contribution in [1.82, 2.24) is 25.3 Å². The summed E-state index contributed by atoms with van der Waals surface area (Å²) in [5, 5.41) is 9.63. The molecule has 2 aromatic carbocycles. The van der Waals surface area contributed by atoms with Crippen LogP contribution in [0, 0.1) is 5.82 Å². The van der Waals surface area contributed by atoms with Crippen molar-refractivity contribution in [1.29, 1.82) is 0 Å². The molecule has 1 unspecified atom stereocenters. The second-order valence-corrected chi connectivity index (χ2v) is 7.10. The lowest BCUT2D eigenvalue weighted by Crippen LogP contribution is -2.63. The monoisotopic (exact) mass is 403 g/mol. The van der Waals surface area contributed by atoms with E-state index >= 15 is 0 Å². The summed E-state index contributed by atoms with van der Waals surface area (Å²) in [5.41, 5.74) is 1.28. The first-order valence-electron chi connectivity index (χ1n) is 9.44. The van der Waals surface area contributed by atoms with E-state index < -0.39 is 17.5 Å². The van der Waals surface area contributed by atoms with E-state index in [1.165, 1.54) is 18.7 Å². The fourth-order valence-corrected chi connectivity index (χ4v) is 3.83. The molecule has 0 radical (unpaired) electrons. The molecule has 1 aliphatic heterocycles. The quantitative estimate of drug-likeness (QED) is 0.417. The van der Waals surface area contributed by atoms with Gasteiger partial charge in [0.05, 0.1) is 17.9 Å². The third-order valence-corrected chi connectivity index (χ3v) is 5.34. The number of carbonyl (C=O) groups excluding carboxylic acids is 1. The Hall–Kier alpha value is -4.01. The van der Waals surface area contributed by atoms with Gasteiger partial charge < -0.3 is 20.9 Å². The van der Waals surface area contributed by atoms with Gasteiger partial charge in [-0.05, 0) is 25.1 Å². The molecule has 0 saturated carbocycles. The Balaban J connectivity index is 1.63. The molecular formula is C21H18FN7O. The largest absolute Gasteiger partial charge is 0.361 e. The minimum absolute atomic E-state index is 0.296. The predicted molar refractivity (Wildman–Crippen MR) is 110 cm³/mol. The van der Waals surface area contributed by atoms with Crippen molar-refractivity contribution in [2.45, 2.75) is 18.6 Å². The Morgan fingerprint density at radius 2 is 1.83 bits per heavy atom. The first-order valence-corrected chi connectivity index (χ1v) is 9.44. The van der Waals surface area contributed by atoms with Crippen LogP contribution < -0.4 is 16.0 Å². The Morgan fingerprint density at radius 1 is 1.03 bits per heavy atom. The SMILES string of the molecule is CC(Nc1ncnc2nc[nH]c12)[C@]1(c2ccccc2F)NC(=O)c2ccccc2N1. The highest BCUT2D eigenvalue weighted by Crippen LogP contribution is 2.36. The summed E-state index contributed by atoms with van der Waals surface area (Å²) >= 11 is 0. The molecule has 30 heavy (non-hydrogen) atoms. The highest BCUT2D eigenvalue weighted by molar-refractivity contribution is 6.02. The van der Waals surface area contributed by atoms with E-state index in [-0.39, 0.29) is 5.91 Å². The lowest BCUT2D eigenvalue weighted by atomic mass is 9.88. The summed E-state index contributed by atoms with van der Waals surface area (Å²) in [4.78, 5) is 28.5. The smallest absolute Gasteiger partial charge is 0.255 e. The highest BCUT2D eigenvalue weighted by atomic mass is 19.1. The van der Waals surface area contributed by atoms with Crippen molar-refractivity contribution in [3.8, 4) is 0 Å². The number of benzene rings is 2. The van der Waals surface area contributed by atoms with E-state index in [0.29, 0.717) is 33.8 Å². The maximum Gasteiger partial charge on any atom is 0.255 e. The first kappa shape index (κ1) is 18.0. The van der Waals surface area contributed by atoms with Gasteiger partial charge in [-0.15, -0.1) is 0 Å². The number of carbonyl (C=O) groups is 1. The molecule has 0 bridgehead atoms.